The van der Waals surface area contributed by atoms with Crippen LogP contribution in [0.4, 0.5) is 0 Å². The average Bonchev–Trinajstić information content (AvgIpc) is 2.40. The topological polar surface area (TPSA) is 75.3 Å². The van der Waals surface area contributed by atoms with E-state index >= 15 is 0 Å². The molecule has 0 aliphatic rings. The van der Waals surface area contributed by atoms with E-state index in [1.54, 1.807) is 11.5 Å². The lowest BCUT2D eigenvalue weighted by atomic mass is 10.3. The normalized spacial score (nSPS) is 10.5. The summed E-state index contributed by atoms with van der Waals surface area (Å²) >= 11 is 3.17. The average molecular weight is 263 g/mol. The molecular weight excluding hydrogens is 252 g/mol. The van der Waals surface area contributed by atoms with Crippen LogP contribution in [0, 0.1) is 6.92 Å². The van der Waals surface area contributed by atoms with Crippen molar-refractivity contribution in [1.29, 1.82) is 0 Å². The van der Waals surface area contributed by atoms with E-state index < -0.39 is 5.97 Å². The second-order valence-corrected chi connectivity index (χ2v) is 3.56. The maximum atomic E-state index is 10.7. The Balaban J connectivity index is 2.99. The van der Waals surface area contributed by atoms with Crippen molar-refractivity contribution < 1.29 is 15.0 Å². The molecule has 0 atom stereocenters. The second-order valence-electron chi connectivity index (χ2n) is 2.85. The molecule has 1 aromatic heterocycles. The van der Waals surface area contributed by atoms with Gasteiger partial charge in [0.15, 0.2) is 10.4 Å². The molecule has 0 aromatic carbocycles. The lowest BCUT2D eigenvalue weighted by molar-refractivity contribution is 0.0690. The molecule has 0 spiro atoms. The summed E-state index contributed by atoms with van der Waals surface area (Å²) in [6, 6.07) is 0. The molecule has 0 saturated heterocycles. The number of hydrogen-bond donors (Lipinski definition) is 2. The molecule has 78 valence electrons. The van der Waals surface area contributed by atoms with Gasteiger partial charge in [-0.1, -0.05) is 0 Å². The van der Waals surface area contributed by atoms with Gasteiger partial charge in [0.2, 0.25) is 0 Å². The van der Waals surface area contributed by atoms with Crippen molar-refractivity contribution in [3.05, 3.63) is 16.1 Å². The lowest BCUT2D eigenvalue weighted by Crippen LogP contribution is -2.05. The largest absolute Gasteiger partial charge is 0.476 e. The van der Waals surface area contributed by atoms with Crippen molar-refractivity contribution >= 4 is 21.9 Å². The number of nitrogens with zero attached hydrogens (tertiary/aromatic N) is 2. The Labute approximate surface area is 89.5 Å². The van der Waals surface area contributed by atoms with Crippen LogP contribution < -0.4 is 0 Å². The monoisotopic (exact) mass is 262 g/mol. The van der Waals surface area contributed by atoms with E-state index in [0.717, 1.165) is 0 Å². The highest BCUT2D eigenvalue weighted by molar-refractivity contribution is 9.10. The van der Waals surface area contributed by atoms with Gasteiger partial charge < -0.3 is 14.8 Å². The SMILES string of the molecule is Cc1c(C(=O)O)nc(Br)n1CCCO. The van der Waals surface area contributed by atoms with Gasteiger partial charge in [-0.05, 0) is 29.3 Å². The van der Waals surface area contributed by atoms with Gasteiger partial charge >= 0.3 is 5.97 Å². The van der Waals surface area contributed by atoms with Gasteiger partial charge in [-0.3, -0.25) is 0 Å². The summed E-state index contributed by atoms with van der Waals surface area (Å²) in [6.45, 7) is 2.33. The van der Waals surface area contributed by atoms with Crippen LogP contribution >= 0.6 is 15.9 Å². The van der Waals surface area contributed by atoms with Gasteiger partial charge in [0.1, 0.15) is 0 Å². The predicted molar refractivity (Wildman–Crippen MR) is 53.3 cm³/mol. The number of halogens is 1. The maximum Gasteiger partial charge on any atom is 0.356 e. The molecule has 0 aliphatic carbocycles. The van der Waals surface area contributed by atoms with Gasteiger partial charge in [0, 0.05) is 13.2 Å². The first-order valence-electron chi connectivity index (χ1n) is 4.14. The zero-order chi connectivity index (χ0) is 10.7. The lowest BCUT2D eigenvalue weighted by Gasteiger charge is -2.04. The fourth-order valence-corrected chi connectivity index (χ4v) is 1.81. The minimum atomic E-state index is -1.04. The molecule has 0 aliphatic heterocycles. The molecule has 0 amide bonds. The van der Waals surface area contributed by atoms with Crippen LogP contribution in [0.1, 0.15) is 22.6 Å². The Kier molecular flexibility index (Phi) is 3.65. The molecule has 0 radical (unpaired) electrons. The Hall–Kier alpha value is -0.880. The van der Waals surface area contributed by atoms with E-state index in [2.05, 4.69) is 20.9 Å². The summed E-state index contributed by atoms with van der Waals surface area (Å²) in [4.78, 5) is 14.6. The summed E-state index contributed by atoms with van der Waals surface area (Å²) in [7, 11) is 0. The van der Waals surface area contributed by atoms with Crippen molar-refractivity contribution in [2.45, 2.75) is 19.9 Å². The number of carboxylic acids is 1. The van der Waals surface area contributed by atoms with Gasteiger partial charge in [-0.25, -0.2) is 9.78 Å². The number of carbonyl (C=O) groups is 1. The Morgan fingerprint density at radius 3 is 2.71 bits per heavy atom. The van der Waals surface area contributed by atoms with Gasteiger partial charge in [0.25, 0.3) is 0 Å². The molecule has 0 unspecified atom stereocenters. The van der Waals surface area contributed by atoms with E-state index in [1.807, 2.05) is 0 Å². The number of aromatic carboxylic acids is 1. The number of aliphatic hydroxyl groups excluding tert-OH is 1. The zero-order valence-corrected chi connectivity index (χ0v) is 9.28. The number of aliphatic hydroxyl groups is 1. The third kappa shape index (κ3) is 2.13. The fourth-order valence-electron chi connectivity index (χ4n) is 1.19. The number of hydrogen-bond acceptors (Lipinski definition) is 3. The van der Waals surface area contributed by atoms with Crippen molar-refractivity contribution in [3.8, 4) is 0 Å². The Morgan fingerprint density at radius 1 is 1.64 bits per heavy atom. The van der Waals surface area contributed by atoms with Crippen molar-refractivity contribution in [3.63, 3.8) is 0 Å². The summed E-state index contributed by atoms with van der Waals surface area (Å²) < 4.78 is 2.21. The van der Waals surface area contributed by atoms with Gasteiger partial charge in [-0.2, -0.15) is 0 Å². The molecular formula is C8H11BrN2O3. The number of imidazole rings is 1. The Bertz CT molecular complexity index is 349. The first-order valence-corrected chi connectivity index (χ1v) is 4.94. The van der Waals surface area contributed by atoms with E-state index in [9.17, 15) is 4.79 Å². The second kappa shape index (κ2) is 4.56. The highest BCUT2D eigenvalue weighted by atomic mass is 79.9. The molecule has 1 rings (SSSR count). The van der Waals surface area contributed by atoms with E-state index in [4.69, 9.17) is 10.2 Å². The third-order valence-electron chi connectivity index (χ3n) is 1.92. The van der Waals surface area contributed by atoms with Crippen LogP contribution in [0.15, 0.2) is 4.73 Å². The van der Waals surface area contributed by atoms with Crippen molar-refractivity contribution in [2.24, 2.45) is 0 Å². The molecule has 0 bridgehead atoms. The molecule has 1 heterocycles. The minimum absolute atomic E-state index is 0.0508. The highest BCUT2D eigenvalue weighted by Crippen LogP contribution is 2.16. The fraction of sp³-hybridized carbons (Fsp3) is 0.500. The molecule has 14 heavy (non-hydrogen) atoms. The molecule has 6 heteroatoms. The van der Waals surface area contributed by atoms with Crippen molar-refractivity contribution in [2.75, 3.05) is 6.61 Å². The molecule has 2 N–H and O–H groups in total. The van der Waals surface area contributed by atoms with Crippen LogP contribution in [-0.4, -0.2) is 32.3 Å². The first-order chi connectivity index (χ1) is 6.57. The third-order valence-corrected chi connectivity index (χ3v) is 2.52. The first kappa shape index (κ1) is 11.2. The quantitative estimate of drug-likeness (QED) is 0.850. The van der Waals surface area contributed by atoms with Gasteiger partial charge in [0.05, 0.1) is 5.69 Å². The summed E-state index contributed by atoms with van der Waals surface area (Å²) in [5.41, 5.74) is 0.646. The van der Waals surface area contributed by atoms with E-state index in [-0.39, 0.29) is 12.3 Å². The highest BCUT2D eigenvalue weighted by Gasteiger charge is 2.16. The molecule has 0 saturated carbocycles. The summed E-state index contributed by atoms with van der Waals surface area (Å²) in [5, 5.41) is 17.4. The predicted octanol–water partition coefficient (Wildman–Crippen LogP) is 1.03. The van der Waals surface area contributed by atoms with Crippen LogP contribution in [0.25, 0.3) is 0 Å². The van der Waals surface area contributed by atoms with Gasteiger partial charge in [-0.15, -0.1) is 0 Å². The van der Waals surface area contributed by atoms with Crippen LogP contribution in [-0.2, 0) is 6.54 Å². The minimum Gasteiger partial charge on any atom is -0.476 e. The smallest absolute Gasteiger partial charge is 0.356 e. The number of carboxylic acid groups (broad SMARTS) is 1. The molecule has 0 fully saturated rings. The van der Waals surface area contributed by atoms with Crippen LogP contribution in [0.2, 0.25) is 0 Å². The molecule has 5 nitrogen and oxygen atoms in total. The number of aromatic nitrogens is 2. The van der Waals surface area contributed by atoms with Crippen LogP contribution in [0.5, 0.6) is 0 Å². The molecule has 1 aromatic rings. The van der Waals surface area contributed by atoms with Crippen LogP contribution in [0.3, 0.4) is 0 Å². The Morgan fingerprint density at radius 2 is 2.29 bits per heavy atom. The summed E-state index contributed by atoms with van der Waals surface area (Å²) in [6.07, 6.45) is 0.578. The van der Waals surface area contributed by atoms with E-state index in [1.165, 1.54) is 0 Å². The summed E-state index contributed by atoms with van der Waals surface area (Å²) in [5.74, 6) is -1.04. The van der Waals surface area contributed by atoms with E-state index in [0.29, 0.717) is 23.4 Å². The maximum absolute atomic E-state index is 10.7. The standard InChI is InChI=1S/C8H11BrN2O3/c1-5-6(7(13)14)10-8(9)11(5)3-2-4-12/h12H,2-4H2,1H3,(H,13,14). The van der Waals surface area contributed by atoms with Crippen molar-refractivity contribution in [1.82, 2.24) is 9.55 Å². The number of rotatable bonds is 4. The zero-order valence-electron chi connectivity index (χ0n) is 7.70.